The summed E-state index contributed by atoms with van der Waals surface area (Å²) in [5, 5.41) is 8.74. The molecule has 2 aromatic rings. The van der Waals surface area contributed by atoms with Crippen LogP contribution in [0.1, 0.15) is 129 Å². The first kappa shape index (κ1) is 30.1. The third kappa shape index (κ3) is 15.1. The molecule has 0 fully saturated rings. The van der Waals surface area contributed by atoms with E-state index >= 15 is 0 Å². The Kier molecular flexibility index (Phi) is 17.5. The topological polar surface area (TPSA) is 34.0 Å². The normalized spacial score (nSPS) is 11.4. The highest BCUT2D eigenvalue weighted by Gasteiger charge is 1.98. The minimum Gasteiger partial charge on any atom is -0.494 e. The molecular weight excluding hydrogens is 440 g/mol. The van der Waals surface area contributed by atoms with Crippen molar-refractivity contribution >= 4 is 11.4 Å². The van der Waals surface area contributed by atoms with E-state index in [9.17, 15) is 0 Å². The van der Waals surface area contributed by atoms with Crippen molar-refractivity contribution in [3.05, 3.63) is 54.1 Å². The molecule has 0 aliphatic carbocycles. The number of hydrogen-bond acceptors (Lipinski definition) is 3. The van der Waals surface area contributed by atoms with Gasteiger partial charge < -0.3 is 4.74 Å². The molecule has 3 heteroatoms. The first-order chi connectivity index (χ1) is 17.8. The van der Waals surface area contributed by atoms with Crippen molar-refractivity contribution in [1.82, 2.24) is 0 Å². The number of nitrogens with zero attached hydrogens (tertiary/aromatic N) is 2. The Labute approximate surface area is 222 Å². The van der Waals surface area contributed by atoms with E-state index < -0.39 is 0 Å². The number of unbranched alkanes of at least 4 members (excludes halogenated alkanes) is 15. The summed E-state index contributed by atoms with van der Waals surface area (Å²) in [5.74, 6) is 0.917. The van der Waals surface area contributed by atoms with Crippen LogP contribution >= 0.6 is 0 Å². The molecule has 0 amide bonds. The Bertz CT molecular complexity index is 782. The van der Waals surface area contributed by atoms with E-state index in [2.05, 4.69) is 48.3 Å². The number of ether oxygens (including phenoxy) is 1. The zero-order valence-electron chi connectivity index (χ0n) is 23.4. The fourth-order valence-electron chi connectivity index (χ4n) is 4.52. The van der Waals surface area contributed by atoms with Crippen LogP contribution in [0, 0.1) is 0 Å². The molecule has 3 nitrogen and oxygen atoms in total. The molecule has 0 aliphatic heterocycles. The highest BCUT2D eigenvalue weighted by atomic mass is 16.5. The maximum absolute atomic E-state index is 5.91. The lowest BCUT2D eigenvalue weighted by molar-refractivity contribution is 0.304. The van der Waals surface area contributed by atoms with Crippen molar-refractivity contribution in [1.29, 1.82) is 0 Å². The van der Waals surface area contributed by atoms with Crippen molar-refractivity contribution in [3.63, 3.8) is 0 Å². The molecule has 0 unspecified atom stereocenters. The molecule has 36 heavy (non-hydrogen) atoms. The van der Waals surface area contributed by atoms with Crippen LogP contribution in [0.2, 0.25) is 0 Å². The Morgan fingerprint density at radius 2 is 0.889 bits per heavy atom. The van der Waals surface area contributed by atoms with E-state index in [0.29, 0.717) is 0 Å². The second-order valence-electron chi connectivity index (χ2n) is 10.3. The van der Waals surface area contributed by atoms with Gasteiger partial charge in [-0.3, -0.25) is 0 Å². The number of hydrogen-bond donors (Lipinski definition) is 0. The molecule has 2 aromatic carbocycles. The number of benzene rings is 2. The molecule has 0 heterocycles. The van der Waals surface area contributed by atoms with Crippen LogP contribution in [0.4, 0.5) is 11.4 Å². The van der Waals surface area contributed by atoms with Crippen molar-refractivity contribution < 1.29 is 4.74 Å². The van der Waals surface area contributed by atoms with Crippen molar-refractivity contribution in [2.45, 2.75) is 129 Å². The molecule has 0 bridgehead atoms. The van der Waals surface area contributed by atoms with Gasteiger partial charge in [-0.1, -0.05) is 122 Å². The predicted octanol–water partition coefficient (Wildman–Crippen LogP) is 11.7. The Hall–Kier alpha value is -2.16. The largest absolute Gasteiger partial charge is 0.494 e. The third-order valence-corrected chi connectivity index (χ3v) is 6.89. The highest BCUT2D eigenvalue weighted by Crippen LogP contribution is 2.22. The zero-order valence-corrected chi connectivity index (χ0v) is 23.4. The first-order valence-electron chi connectivity index (χ1n) is 15.1. The molecule has 0 saturated heterocycles. The molecule has 0 N–H and O–H groups in total. The van der Waals surface area contributed by atoms with E-state index in [1.54, 1.807) is 0 Å². The Morgan fingerprint density at radius 3 is 1.39 bits per heavy atom. The molecule has 200 valence electrons. The van der Waals surface area contributed by atoms with E-state index in [4.69, 9.17) is 4.74 Å². The van der Waals surface area contributed by atoms with Crippen LogP contribution < -0.4 is 4.74 Å². The highest BCUT2D eigenvalue weighted by molar-refractivity contribution is 5.43. The van der Waals surface area contributed by atoms with Gasteiger partial charge in [-0.25, -0.2) is 0 Å². The van der Waals surface area contributed by atoms with Crippen molar-refractivity contribution in [2.24, 2.45) is 10.2 Å². The minimum atomic E-state index is 0.795. The molecule has 0 aliphatic rings. The fraction of sp³-hybridized carbons (Fsp3) is 0.636. The second kappa shape index (κ2) is 21.0. The van der Waals surface area contributed by atoms with Gasteiger partial charge in [0, 0.05) is 0 Å². The van der Waals surface area contributed by atoms with Crippen molar-refractivity contribution in [2.75, 3.05) is 6.61 Å². The van der Waals surface area contributed by atoms with Crippen LogP contribution in [0.25, 0.3) is 0 Å². The zero-order chi connectivity index (χ0) is 25.5. The minimum absolute atomic E-state index is 0.795. The Balaban J connectivity index is 1.47. The molecule has 0 aromatic heterocycles. The summed E-state index contributed by atoms with van der Waals surface area (Å²) in [6, 6.07) is 16.4. The van der Waals surface area contributed by atoms with E-state index in [1.165, 1.54) is 108 Å². The van der Waals surface area contributed by atoms with Crippen LogP contribution in [0.5, 0.6) is 5.75 Å². The lowest BCUT2D eigenvalue weighted by Crippen LogP contribution is -1.96. The number of aryl methyl sites for hydroxylation is 1. The van der Waals surface area contributed by atoms with Gasteiger partial charge >= 0.3 is 0 Å². The monoisotopic (exact) mass is 492 g/mol. The summed E-state index contributed by atoms with van der Waals surface area (Å²) in [6.45, 7) is 5.32. The van der Waals surface area contributed by atoms with Crippen LogP contribution in [0.3, 0.4) is 0 Å². The van der Waals surface area contributed by atoms with E-state index in [1.807, 2.05) is 24.3 Å². The quantitative estimate of drug-likeness (QED) is 0.119. The molecule has 0 spiro atoms. The molecule has 0 saturated carbocycles. The summed E-state index contributed by atoms with van der Waals surface area (Å²) in [6.07, 6.45) is 24.3. The summed E-state index contributed by atoms with van der Waals surface area (Å²) in [4.78, 5) is 0. The van der Waals surface area contributed by atoms with Gasteiger partial charge in [0.15, 0.2) is 0 Å². The van der Waals surface area contributed by atoms with Crippen LogP contribution in [-0.4, -0.2) is 6.61 Å². The average molecular weight is 493 g/mol. The van der Waals surface area contributed by atoms with Gasteiger partial charge in [0.2, 0.25) is 0 Å². The molecular formula is C33H52N2O. The summed E-state index contributed by atoms with van der Waals surface area (Å²) in [5.41, 5.74) is 3.13. The lowest BCUT2D eigenvalue weighted by Gasteiger charge is -2.06. The summed E-state index contributed by atoms with van der Waals surface area (Å²) >= 11 is 0. The molecule has 2 rings (SSSR count). The Morgan fingerprint density at radius 1 is 0.472 bits per heavy atom. The summed E-state index contributed by atoms with van der Waals surface area (Å²) < 4.78 is 5.91. The fourth-order valence-corrected chi connectivity index (χ4v) is 4.52. The van der Waals surface area contributed by atoms with Crippen molar-refractivity contribution in [3.8, 4) is 5.75 Å². The maximum atomic E-state index is 5.91. The second-order valence-corrected chi connectivity index (χ2v) is 10.3. The third-order valence-electron chi connectivity index (χ3n) is 6.89. The van der Waals surface area contributed by atoms with Gasteiger partial charge in [-0.05, 0) is 61.2 Å². The molecule has 0 atom stereocenters. The van der Waals surface area contributed by atoms with Gasteiger partial charge in [-0.15, -0.1) is 0 Å². The van der Waals surface area contributed by atoms with Gasteiger partial charge in [-0.2, -0.15) is 10.2 Å². The van der Waals surface area contributed by atoms with Gasteiger partial charge in [0.05, 0.1) is 18.0 Å². The molecule has 0 radical (unpaired) electrons. The van der Waals surface area contributed by atoms with Crippen LogP contribution in [-0.2, 0) is 6.42 Å². The van der Waals surface area contributed by atoms with Gasteiger partial charge in [0.25, 0.3) is 0 Å². The lowest BCUT2D eigenvalue weighted by atomic mass is 10.0. The SMILES string of the molecule is CCCCCCCCCCCCCCCCOc1ccc(N=Nc2ccc(CCCCC)cc2)cc1. The maximum Gasteiger partial charge on any atom is 0.119 e. The number of azo groups is 1. The van der Waals surface area contributed by atoms with Gasteiger partial charge in [0.1, 0.15) is 5.75 Å². The predicted molar refractivity (Wildman–Crippen MR) is 156 cm³/mol. The van der Waals surface area contributed by atoms with E-state index in [-0.39, 0.29) is 0 Å². The number of rotatable bonds is 22. The van der Waals surface area contributed by atoms with Crippen LogP contribution in [0.15, 0.2) is 58.8 Å². The standard InChI is InChI=1S/C33H52N2O/c1-3-5-7-8-9-10-11-12-13-14-15-16-17-19-29-36-33-27-25-32(26-28-33)35-34-31-23-21-30(22-24-31)20-18-6-4-2/h21-28H,3-20,29H2,1-2H3. The smallest absolute Gasteiger partial charge is 0.119 e. The summed E-state index contributed by atoms with van der Waals surface area (Å²) in [7, 11) is 0. The first-order valence-corrected chi connectivity index (χ1v) is 15.1. The average Bonchev–Trinajstić information content (AvgIpc) is 2.91. The van der Waals surface area contributed by atoms with E-state index in [0.717, 1.165) is 36.6 Å².